The Morgan fingerprint density at radius 1 is 1.07 bits per heavy atom. The lowest BCUT2D eigenvalue weighted by molar-refractivity contribution is -0.121. The van der Waals surface area contributed by atoms with Gasteiger partial charge in [-0.2, -0.15) is 0 Å². The van der Waals surface area contributed by atoms with Crippen LogP contribution in [0.15, 0.2) is 41.3 Å². The SMILES string of the molecule is COc1cc(C=C2SC(=S)N(C)C2=O)ccc1OCCCOc1cccc(C)c1C. The molecule has 1 saturated heterocycles. The summed E-state index contributed by atoms with van der Waals surface area (Å²) in [4.78, 5) is 14.2. The largest absolute Gasteiger partial charge is 0.493 e. The van der Waals surface area contributed by atoms with Crippen LogP contribution in [-0.4, -0.2) is 42.5 Å². The molecular formula is C23H25NO4S2. The van der Waals surface area contributed by atoms with Crippen LogP contribution in [0.25, 0.3) is 6.08 Å². The highest BCUT2D eigenvalue weighted by molar-refractivity contribution is 8.26. The van der Waals surface area contributed by atoms with Gasteiger partial charge in [-0.05, 0) is 54.8 Å². The maximum Gasteiger partial charge on any atom is 0.265 e. The second-order valence-corrected chi connectivity index (χ2v) is 8.58. The molecule has 3 rings (SSSR count). The molecule has 0 bridgehead atoms. The predicted octanol–water partition coefficient (Wildman–Crippen LogP) is 4.99. The van der Waals surface area contributed by atoms with Gasteiger partial charge in [-0.15, -0.1) is 0 Å². The molecular weight excluding hydrogens is 418 g/mol. The Kier molecular flexibility index (Phi) is 7.39. The standard InChI is InChI=1S/C23H25NO4S2/c1-15-7-5-8-18(16(15)2)27-11-6-12-28-19-10-9-17(13-20(19)26-4)14-21-22(25)24(3)23(29)30-21/h5,7-10,13-14H,6,11-12H2,1-4H3. The fraction of sp³-hybridized carbons (Fsp3) is 0.304. The summed E-state index contributed by atoms with van der Waals surface area (Å²) in [6.07, 6.45) is 2.56. The zero-order valence-electron chi connectivity index (χ0n) is 17.6. The minimum absolute atomic E-state index is 0.0897. The third-order valence-electron chi connectivity index (χ3n) is 4.83. The van der Waals surface area contributed by atoms with Crippen LogP contribution < -0.4 is 14.2 Å². The van der Waals surface area contributed by atoms with Gasteiger partial charge in [0.15, 0.2) is 11.5 Å². The summed E-state index contributed by atoms with van der Waals surface area (Å²) in [6, 6.07) is 11.7. The molecule has 30 heavy (non-hydrogen) atoms. The van der Waals surface area contributed by atoms with Crippen LogP contribution in [0.2, 0.25) is 0 Å². The third-order valence-corrected chi connectivity index (χ3v) is 6.32. The van der Waals surface area contributed by atoms with Crippen LogP contribution in [0.3, 0.4) is 0 Å². The van der Waals surface area contributed by atoms with E-state index in [9.17, 15) is 4.79 Å². The van der Waals surface area contributed by atoms with Crippen molar-refractivity contribution in [3.8, 4) is 17.2 Å². The highest BCUT2D eigenvalue weighted by Gasteiger charge is 2.28. The van der Waals surface area contributed by atoms with E-state index in [1.165, 1.54) is 22.2 Å². The van der Waals surface area contributed by atoms with Crippen molar-refractivity contribution in [3.63, 3.8) is 0 Å². The highest BCUT2D eigenvalue weighted by Crippen LogP contribution is 2.34. The Balaban J connectivity index is 1.56. The Morgan fingerprint density at radius 2 is 1.80 bits per heavy atom. The Hall–Kier alpha value is -2.51. The molecule has 0 saturated carbocycles. The number of hydrogen-bond donors (Lipinski definition) is 0. The maximum atomic E-state index is 12.2. The molecule has 0 radical (unpaired) electrons. The third kappa shape index (κ3) is 5.15. The first-order valence-corrected chi connectivity index (χ1v) is 10.8. The van der Waals surface area contributed by atoms with E-state index in [0.717, 1.165) is 23.3 Å². The fourth-order valence-corrected chi connectivity index (χ4v) is 4.07. The number of likely N-dealkylation sites (N-methyl/N-ethyl adjacent to an activating group) is 1. The van der Waals surface area contributed by atoms with Gasteiger partial charge in [-0.1, -0.05) is 42.2 Å². The molecule has 0 unspecified atom stereocenters. The maximum absolute atomic E-state index is 12.2. The normalized spacial score (nSPS) is 15.1. The molecule has 2 aromatic rings. The number of rotatable bonds is 8. The lowest BCUT2D eigenvalue weighted by Crippen LogP contribution is -2.22. The monoisotopic (exact) mass is 443 g/mol. The van der Waals surface area contributed by atoms with Gasteiger partial charge in [0.1, 0.15) is 10.1 Å². The average molecular weight is 444 g/mol. The van der Waals surface area contributed by atoms with E-state index in [0.29, 0.717) is 33.9 Å². The molecule has 1 amide bonds. The summed E-state index contributed by atoms with van der Waals surface area (Å²) in [5.74, 6) is 2.10. The van der Waals surface area contributed by atoms with Crippen LogP contribution in [0, 0.1) is 13.8 Å². The average Bonchev–Trinajstić information content (AvgIpc) is 2.98. The van der Waals surface area contributed by atoms with Crippen molar-refractivity contribution in [2.24, 2.45) is 0 Å². The molecule has 2 aromatic carbocycles. The first-order chi connectivity index (χ1) is 14.4. The second-order valence-electron chi connectivity index (χ2n) is 6.90. The smallest absolute Gasteiger partial charge is 0.265 e. The first-order valence-electron chi connectivity index (χ1n) is 9.62. The van der Waals surface area contributed by atoms with Crippen molar-refractivity contribution < 1.29 is 19.0 Å². The van der Waals surface area contributed by atoms with E-state index >= 15 is 0 Å². The summed E-state index contributed by atoms with van der Waals surface area (Å²) >= 11 is 6.46. The summed E-state index contributed by atoms with van der Waals surface area (Å²) in [5, 5.41) is 0. The number of thioether (sulfide) groups is 1. The second kappa shape index (κ2) is 10.00. The number of amides is 1. The minimum atomic E-state index is -0.0897. The van der Waals surface area contributed by atoms with E-state index in [4.69, 9.17) is 26.4 Å². The molecule has 5 nitrogen and oxygen atoms in total. The highest BCUT2D eigenvalue weighted by atomic mass is 32.2. The van der Waals surface area contributed by atoms with Crippen LogP contribution in [-0.2, 0) is 4.79 Å². The quantitative estimate of drug-likeness (QED) is 0.325. The van der Waals surface area contributed by atoms with E-state index in [1.54, 1.807) is 14.2 Å². The molecule has 158 valence electrons. The van der Waals surface area contributed by atoms with Crippen molar-refractivity contribution in [2.45, 2.75) is 20.3 Å². The predicted molar refractivity (Wildman–Crippen MR) is 125 cm³/mol. The molecule has 1 aliphatic heterocycles. The number of hydrogen-bond acceptors (Lipinski definition) is 6. The molecule has 0 aromatic heterocycles. The van der Waals surface area contributed by atoms with Crippen LogP contribution in [0.1, 0.15) is 23.1 Å². The fourth-order valence-electron chi connectivity index (χ4n) is 2.89. The van der Waals surface area contributed by atoms with E-state index in [1.807, 2.05) is 36.4 Å². The summed E-state index contributed by atoms with van der Waals surface area (Å²) < 4.78 is 17.8. The van der Waals surface area contributed by atoms with Gasteiger partial charge in [0, 0.05) is 13.5 Å². The van der Waals surface area contributed by atoms with Crippen molar-refractivity contribution in [1.29, 1.82) is 0 Å². The summed E-state index contributed by atoms with van der Waals surface area (Å²) in [5.41, 5.74) is 3.23. The van der Waals surface area contributed by atoms with Gasteiger partial charge in [-0.3, -0.25) is 9.69 Å². The van der Waals surface area contributed by atoms with Crippen molar-refractivity contribution in [1.82, 2.24) is 4.90 Å². The van der Waals surface area contributed by atoms with Crippen LogP contribution in [0.5, 0.6) is 17.2 Å². The molecule has 0 aliphatic carbocycles. The Labute approximate surface area is 187 Å². The lowest BCUT2D eigenvalue weighted by atomic mass is 10.1. The number of benzene rings is 2. The number of aryl methyl sites for hydroxylation is 1. The minimum Gasteiger partial charge on any atom is -0.493 e. The van der Waals surface area contributed by atoms with E-state index < -0.39 is 0 Å². The van der Waals surface area contributed by atoms with Crippen LogP contribution in [0.4, 0.5) is 0 Å². The molecule has 0 N–H and O–H groups in total. The van der Waals surface area contributed by atoms with Crippen molar-refractivity contribution >= 4 is 40.3 Å². The van der Waals surface area contributed by atoms with Crippen molar-refractivity contribution in [2.75, 3.05) is 27.4 Å². The molecule has 1 heterocycles. The molecule has 1 fully saturated rings. The van der Waals surface area contributed by atoms with Crippen LogP contribution >= 0.6 is 24.0 Å². The van der Waals surface area contributed by atoms with Gasteiger partial charge in [0.05, 0.1) is 25.2 Å². The van der Waals surface area contributed by atoms with Gasteiger partial charge < -0.3 is 14.2 Å². The summed E-state index contributed by atoms with van der Waals surface area (Å²) in [7, 11) is 3.28. The molecule has 1 aliphatic rings. The number of methoxy groups -OCH3 is 1. The number of nitrogens with zero attached hydrogens (tertiary/aromatic N) is 1. The van der Waals surface area contributed by atoms with Gasteiger partial charge in [0.2, 0.25) is 0 Å². The zero-order chi connectivity index (χ0) is 21.7. The molecule has 0 atom stereocenters. The van der Waals surface area contributed by atoms with Crippen molar-refractivity contribution in [3.05, 3.63) is 58.0 Å². The zero-order valence-corrected chi connectivity index (χ0v) is 19.2. The van der Waals surface area contributed by atoms with E-state index in [2.05, 4.69) is 19.9 Å². The van der Waals surface area contributed by atoms with Gasteiger partial charge in [0.25, 0.3) is 5.91 Å². The lowest BCUT2D eigenvalue weighted by Gasteiger charge is -2.13. The van der Waals surface area contributed by atoms with Gasteiger partial charge in [-0.25, -0.2) is 0 Å². The molecule has 0 spiro atoms. The number of thiocarbonyl (C=S) groups is 1. The number of carbonyl (C=O) groups is 1. The van der Waals surface area contributed by atoms with Gasteiger partial charge >= 0.3 is 0 Å². The summed E-state index contributed by atoms with van der Waals surface area (Å²) in [6.45, 7) is 5.22. The Bertz CT molecular complexity index is 987. The van der Waals surface area contributed by atoms with E-state index in [-0.39, 0.29) is 5.91 Å². The number of carbonyl (C=O) groups excluding carboxylic acids is 1. The topological polar surface area (TPSA) is 48.0 Å². The Morgan fingerprint density at radius 3 is 2.47 bits per heavy atom. The number of ether oxygens (including phenoxy) is 3. The first kappa shape index (κ1) is 22.2. The molecule has 7 heteroatoms.